The van der Waals surface area contributed by atoms with Gasteiger partial charge in [-0.15, -0.1) is 0 Å². The van der Waals surface area contributed by atoms with Crippen molar-refractivity contribution in [3.63, 3.8) is 0 Å². The quantitative estimate of drug-likeness (QED) is 0.889. The van der Waals surface area contributed by atoms with E-state index in [9.17, 15) is 9.59 Å². The number of carboxylic acid groups (broad SMARTS) is 1. The Morgan fingerprint density at radius 2 is 1.95 bits per heavy atom. The highest BCUT2D eigenvalue weighted by atomic mass is 16.4. The van der Waals surface area contributed by atoms with Gasteiger partial charge in [0.05, 0.1) is 0 Å². The molecule has 4 nitrogen and oxygen atoms in total. The third-order valence-corrected chi connectivity index (χ3v) is 4.30. The molecule has 0 saturated heterocycles. The zero-order chi connectivity index (χ0) is 15.5. The van der Waals surface area contributed by atoms with E-state index < -0.39 is 5.97 Å². The summed E-state index contributed by atoms with van der Waals surface area (Å²) in [6.45, 7) is 0.636. The normalized spacial score (nSPS) is 16.8. The first-order valence-electron chi connectivity index (χ1n) is 7.64. The second-order valence-corrected chi connectivity index (χ2v) is 5.81. The maximum Gasteiger partial charge on any atom is 0.303 e. The van der Waals surface area contributed by atoms with Crippen LogP contribution in [0.1, 0.15) is 24.8 Å². The van der Waals surface area contributed by atoms with Crippen LogP contribution in [0.15, 0.2) is 36.4 Å². The zero-order valence-electron chi connectivity index (χ0n) is 12.3. The van der Waals surface area contributed by atoms with Crippen LogP contribution in [0.4, 0.5) is 5.69 Å². The van der Waals surface area contributed by atoms with Crippen LogP contribution in [-0.2, 0) is 16.0 Å². The molecule has 0 aliphatic carbocycles. The van der Waals surface area contributed by atoms with Gasteiger partial charge >= 0.3 is 5.97 Å². The summed E-state index contributed by atoms with van der Waals surface area (Å²) in [6.07, 6.45) is 1.56. The Hall–Kier alpha value is -2.36. The Morgan fingerprint density at radius 1 is 1.14 bits per heavy atom. The number of fused-ring (bicyclic) bond motifs is 3. The van der Waals surface area contributed by atoms with Gasteiger partial charge in [0.2, 0.25) is 0 Å². The molecule has 0 spiro atoms. The highest BCUT2D eigenvalue weighted by Gasteiger charge is 2.25. The van der Waals surface area contributed by atoms with Crippen molar-refractivity contribution in [1.29, 1.82) is 0 Å². The van der Waals surface area contributed by atoms with Gasteiger partial charge in [0.1, 0.15) is 5.78 Å². The van der Waals surface area contributed by atoms with Gasteiger partial charge in [0, 0.05) is 31.0 Å². The Kier molecular flexibility index (Phi) is 4.09. The fraction of sp³-hybridized carbons (Fsp3) is 0.333. The van der Waals surface area contributed by atoms with Crippen LogP contribution in [0.2, 0.25) is 0 Å². The van der Waals surface area contributed by atoms with Crippen LogP contribution in [-0.4, -0.2) is 23.4 Å². The fourth-order valence-electron chi connectivity index (χ4n) is 3.12. The highest BCUT2D eigenvalue weighted by Crippen LogP contribution is 2.32. The van der Waals surface area contributed by atoms with E-state index >= 15 is 0 Å². The Bertz CT molecular complexity index is 723. The predicted octanol–water partition coefficient (Wildman–Crippen LogP) is 3.25. The monoisotopic (exact) mass is 297 g/mol. The molecule has 0 fully saturated rings. The molecule has 1 heterocycles. The minimum absolute atomic E-state index is 0.0609. The maximum atomic E-state index is 12.3. The van der Waals surface area contributed by atoms with E-state index in [1.807, 2.05) is 12.1 Å². The van der Waals surface area contributed by atoms with Crippen molar-refractivity contribution in [2.45, 2.75) is 25.7 Å². The van der Waals surface area contributed by atoms with Gasteiger partial charge in [-0.25, -0.2) is 0 Å². The van der Waals surface area contributed by atoms with E-state index in [1.165, 1.54) is 16.3 Å². The number of carboxylic acids is 1. The van der Waals surface area contributed by atoms with Crippen molar-refractivity contribution in [1.82, 2.24) is 0 Å². The summed E-state index contributed by atoms with van der Waals surface area (Å²) in [4.78, 5) is 22.8. The molecular weight excluding hydrogens is 278 g/mol. The number of hydrogen-bond acceptors (Lipinski definition) is 3. The molecule has 3 rings (SSSR count). The average molecular weight is 297 g/mol. The minimum Gasteiger partial charge on any atom is -0.481 e. The fourth-order valence-corrected chi connectivity index (χ4v) is 3.12. The summed E-state index contributed by atoms with van der Waals surface area (Å²) in [5.74, 6) is -0.745. The van der Waals surface area contributed by atoms with Crippen LogP contribution >= 0.6 is 0 Å². The number of carbonyl (C=O) groups is 2. The molecule has 4 heteroatoms. The smallest absolute Gasteiger partial charge is 0.303 e. The van der Waals surface area contributed by atoms with Crippen molar-refractivity contribution in [2.75, 3.05) is 11.9 Å². The molecule has 0 radical (unpaired) electrons. The number of nitrogens with one attached hydrogen (secondary N) is 1. The second-order valence-electron chi connectivity index (χ2n) is 5.81. The molecule has 2 aromatic carbocycles. The first-order valence-corrected chi connectivity index (χ1v) is 7.64. The number of hydrogen-bond donors (Lipinski definition) is 2. The lowest BCUT2D eigenvalue weighted by Gasteiger charge is -2.26. The van der Waals surface area contributed by atoms with E-state index in [-0.39, 0.29) is 18.1 Å². The first-order chi connectivity index (χ1) is 10.6. The van der Waals surface area contributed by atoms with Crippen LogP contribution in [0.3, 0.4) is 0 Å². The van der Waals surface area contributed by atoms with Gasteiger partial charge in [-0.05, 0) is 35.2 Å². The molecule has 0 unspecified atom stereocenters. The lowest BCUT2D eigenvalue weighted by atomic mass is 9.86. The van der Waals surface area contributed by atoms with Gasteiger partial charge in [-0.2, -0.15) is 0 Å². The van der Waals surface area contributed by atoms with Gasteiger partial charge in [-0.1, -0.05) is 30.3 Å². The van der Waals surface area contributed by atoms with Crippen molar-refractivity contribution in [3.05, 3.63) is 42.0 Å². The Labute approximate surface area is 129 Å². The molecule has 1 atom stereocenters. The second kappa shape index (κ2) is 6.18. The van der Waals surface area contributed by atoms with Crippen LogP contribution in [0.25, 0.3) is 10.8 Å². The van der Waals surface area contributed by atoms with Crippen molar-refractivity contribution in [3.8, 4) is 0 Å². The maximum absolute atomic E-state index is 12.3. The lowest BCUT2D eigenvalue weighted by molar-refractivity contribution is -0.137. The van der Waals surface area contributed by atoms with E-state index in [4.69, 9.17) is 5.11 Å². The average Bonchev–Trinajstić information content (AvgIpc) is 2.53. The van der Waals surface area contributed by atoms with Gasteiger partial charge in [-0.3, -0.25) is 9.59 Å². The number of anilines is 1. The number of aliphatic carboxylic acids is 1. The Morgan fingerprint density at radius 3 is 2.77 bits per heavy atom. The largest absolute Gasteiger partial charge is 0.481 e. The van der Waals surface area contributed by atoms with Crippen LogP contribution in [0, 0.1) is 5.92 Å². The van der Waals surface area contributed by atoms with Gasteiger partial charge in [0.25, 0.3) is 0 Å². The number of rotatable bonds is 5. The lowest BCUT2D eigenvalue weighted by Crippen LogP contribution is -2.30. The van der Waals surface area contributed by atoms with E-state index in [0.717, 1.165) is 12.1 Å². The summed E-state index contributed by atoms with van der Waals surface area (Å²) in [6, 6.07) is 12.4. The number of carbonyl (C=O) groups excluding carboxylic acids is 1. The van der Waals surface area contributed by atoms with Crippen molar-refractivity contribution in [2.24, 2.45) is 5.92 Å². The molecule has 0 aromatic heterocycles. The molecular formula is C18H19NO3. The molecule has 114 valence electrons. The Balaban J connectivity index is 1.76. The number of ketones is 1. The molecule has 2 aromatic rings. The summed E-state index contributed by atoms with van der Waals surface area (Å²) in [7, 11) is 0. The van der Waals surface area contributed by atoms with Gasteiger partial charge in [0.15, 0.2) is 0 Å². The summed E-state index contributed by atoms with van der Waals surface area (Å²) < 4.78 is 0. The van der Waals surface area contributed by atoms with Crippen molar-refractivity contribution >= 4 is 28.2 Å². The summed E-state index contributed by atoms with van der Waals surface area (Å²) in [5.41, 5.74) is 2.30. The molecule has 1 aliphatic heterocycles. The third kappa shape index (κ3) is 2.96. The van der Waals surface area contributed by atoms with Gasteiger partial charge < -0.3 is 10.4 Å². The summed E-state index contributed by atoms with van der Waals surface area (Å²) in [5, 5.41) is 14.4. The molecule has 0 saturated carbocycles. The number of benzene rings is 2. The number of Topliss-reactive ketones (excluding diaryl/α,β-unsaturated/α-hetero) is 1. The minimum atomic E-state index is -0.842. The molecule has 1 aliphatic rings. The van der Waals surface area contributed by atoms with E-state index in [1.54, 1.807) is 0 Å². The van der Waals surface area contributed by atoms with Crippen molar-refractivity contribution < 1.29 is 14.7 Å². The highest BCUT2D eigenvalue weighted by molar-refractivity contribution is 5.92. The first kappa shape index (κ1) is 14.6. The predicted molar refractivity (Wildman–Crippen MR) is 86.1 cm³/mol. The summed E-state index contributed by atoms with van der Waals surface area (Å²) >= 11 is 0. The molecule has 0 amide bonds. The standard InChI is InChI=1S/C18H19NO3/c20-17(6-3-7-18(21)22)13-10-15-14-5-2-1-4-12(14)8-9-16(15)19-11-13/h1-2,4-5,8-9,13,19H,3,6-7,10-11H2,(H,21,22)/t13-/m1/s1. The van der Waals surface area contributed by atoms with Crippen LogP contribution < -0.4 is 5.32 Å². The molecule has 0 bridgehead atoms. The van der Waals surface area contributed by atoms with E-state index in [2.05, 4.69) is 29.6 Å². The molecule has 22 heavy (non-hydrogen) atoms. The topological polar surface area (TPSA) is 66.4 Å². The van der Waals surface area contributed by atoms with E-state index in [0.29, 0.717) is 19.4 Å². The third-order valence-electron chi connectivity index (χ3n) is 4.30. The zero-order valence-corrected chi connectivity index (χ0v) is 12.3. The molecule has 2 N–H and O–H groups in total. The SMILES string of the molecule is O=C(O)CCCC(=O)[C@H]1CNc2ccc3ccccc3c2C1. The van der Waals surface area contributed by atoms with Crippen LogP contribution in [0.5, 0.6) is 0 Å².